The molecule has 2 aliphatic heterocycles. The fourth-order valence-corrected chi connectivity index (χ4v) is 4.25. The van der Waals surface area contributed by atoms with E-state index in [1.807, 2.05) is 41.0 Å². The van der Waals surface area contributed by atoms with E-state index in [2.05, 4.69) is 10.3 Å². The molecule has 1 unspecified atom stereocenters. The molecule has 0 spiro atoms. The molecule has 1 fully saturated rings. The number of benzene rings is 2. The molecule has 0 radical (unpaired) electrons. The van der Waals surface area contributed by atoms with Crippen molar-refractivity contribution in [2.75, 3.05) is 0 Å². The van der Waals surface area contributed by atoms with Crippen LogP contribution < -0.4 is 5.32 Å². The van der Waals surface area contributed by atoms with Gasteiger partial charge in [-0.25, -0.2) is 4.98 Å². The van der Waals surface area contributed by atoms with Crippen LogP contribution in [0.2, 0.25) is 5.02 Å². The van der Waals surface area contributed by atoms with Crippen molar-refractivity contribution < 1.29 is 14.4 Å². The van der Waals surface area contributed by atoms with E-state index in [1.165, 1.54) is 0 Å². The summed E-state index contributed by atoms with van der Waals surface area (Å²) in [5.74, 6) is -0.846. The van der Waals surface area contributed by atoms with E-state index in [0.717, 1.165) is 22.2 Å². The summed E-state index contributed by atoms with van der Waals surface area (Å²) in [5, 5.41) is 2.97. The number of nitrogens with zero attached hydrogens (tertiary/aromatic N) is 3. The van der Waals surface area contributed by atoms with E-state index in [-0.39, 0.29) is 18.2 Å². The minimum absolute atomic E-state index is 0.163. The highest BCUT2D eigenvalue weighted by Gasteiger charge is 2.39. The number of carbonyl (C=O) groups is 3. The second kappa shape index (κ2) is 6.70. The molecule has 1 atom stereocenters. The lowest BCUT2D eigenvalue weighted by atomic mass is 10.0. The lowest BCUT2D eigenvalue weighted by Crippen LogP contribution is -2.52. The minimum Gasteiger partial charge on any atom is -0.326 e. The van der Waals surface area contributed by atoms with E-state index >= 15 is 0 Å². The molecule has 3 amide bonds. The van der Waals surface area contributed by atoms with Gasteiger partial charge in [-0.05, 0) is 41.8 Å². The maximum absolute atomic E-state index is 12.8. The molecular formula is C21H17ClN4O3. The third-order valence-corrected chi connectivity index (χ3v) is 5.76. The number of piperidine rings is 1. The van der Waals surface area contributed by atoms with Gasteiger partial charge < -0.3 is 9.47 Å². The zero-order valence-corrected chi connectivity index (χ0v) is 16.1. The minimum atomic E-state index is -0.599. The number of hydrogen-bond acceptors (Lipinski definition) is 4. The maximum Gasteiger partial charge on any atom is 0.255 e. The number of nitrogens with one attached hydrogen (secondary N) is 1. The standard InChI is InChI=1S/C21H17ClN4O3/c22-14-2-4-17-16(8-14)23-11-25(17)9-12-1-3-15-13(7-12)10-26(21(15)29)18-5-6-19(27)24-20(18)28/h1-4,7-8,11,18H,5-6,9-10H2,(H,24,27,28). The van der Waals surface area contributed by atoms with Gasteiger partial charge in [-0.3, -0.25) is 19.7 Å². The average Bonchev–Trinajstić information content (AvgIpc) is 3.22. The smallest absolute Gasteiger partial charge is 0.255 e. The molecule has 0 aliphatic carbocycles. The summed E-state index contributed by atoms with van der Waals surface area (Å²) >= 11 is 6.03. The van der Waals surface area contributed by atoms with Crippen LogP contribution in [-0.4, -0.2) is 38.2 Å². The Labute approximate surface area is 171 Å². The third kappa shape index (κ3) is 3.07. The zero-order chi connectivity index (χ0) is 20.1. The number of imidazole rings is 1. The van der Waals surface area contributed by atoms with Gasteiger partial charge in [-0.15, -0.1) is 0 Å². The van der Waals surface area contributed by atoms with Crippen LogP contribution in [0.4, 0.5) is 0 Å². The fourth-order valence-electron chi connectivity index (χ4n) is 4.09. The van der Waals surface area contributed by atoms with Gasteiger partial charge >= 0.3 is 0 Å². The monoisotopic (exact) mass is 408 g/mol. The Balaban J connectivity index is 1.39. The van der Waals surface area contributed by atoms with Crippen LogP contribution in [0.1, 0.15) is 34.3 Å². The number of carbonyl (C=O) groups excluding carboxylic acids is 3. The summed E-state index contributed by atoms with van der Waals surface area (Å²) in [6.45, 7) is 0.979. The molecule has 5 rings (SSSR count). The van der Waals surface area contributed by atoms with Gasteiger partial charge in [-0.1, -0.05) is 23.7 Å². The first-order valence-corrected chi connectivity index (χ1v) is 9.74. The summed E-state index contributed by atoms with van der Waals surface area (Å²) in [7, 11) is 0. The van der Waals surface area contributed by atoms with Gasteiger partial charge in [0, 0.05) is 30.1 Å². The summed E-state index contributed by atoms with van der Waals surface area (Å²) in [5.41, 5.74) is 4.36. The van der Waals surface area contributed by atoms with Gasteiger partial charge in [-0.2, -0.15) is 0 Å². The Kier molecular flexibility index (Phi) is 4.13. The molecule has 146 valence electrons. The number of imide groups is 1. The van der Waals surface area contributed by atoms with Crippen LogP contribution in [0.15, 0.2) is 42.7 Å². The van der Waals surface area contributed by atoms with Crippen molar-refractivity contribution in [1.29, 1.82) is 0 Å². The number of rotatable bonds is 3. The second-order valence-corrected chi connectivity index (χ2v) is 7.83. The van der Waals surface area contributed by atoms with Crippen LogP contribution in [0.5, 0.6) is 0 Å². The number of hydrogen-bond donors (Lipinski definition) is 1. The van der Waals surface area contributed by atoms with Crippen LogP contribution >= 0.6 is 11.6 Å². The molecule has 1 N–H and O–H groups in total. The quantitative estimate of drug-likeness (QED) is 0.675. The number of halogens is 1. The fraction of sp³-hybridized carbons (Fsp3) is 0.238. The Bertz CT molecular complexity index is 1190. The molecule has 1 aromatic heterocycles. The summed E-state index contributed by atoms with van der Waals surface area (Å²) in [4.78, 5) is 42.3. The van der Waals surface area contributed by atoms with Crippen LogP contribution in [0.3, 0.4) is 0 Å². The number of fused-ring (bicyclic) bond motifs is 2. The van der Waals surface area contributed by atoms with Crippen molar-refractivity contribution in [1.82, 2.24) is 19.8 Å². The predicted molar refractivity (Wildman–Crippen MR) is 106 cm³/mol. The third-order valence-electron chi connectivity index (χ3n) is 5.52. The molecular weight excluding hydrogens is 392 g/mol. The molecule has 1 saturated heterocycles. The zero-order valence-electron chi connectivity index (χ0n) is 15.4. The largest absolute Gasteiger partial charge is 0.326 e. The summed E-state index contributed by atoms with van der Waals surface area (Å²) in [6, 6.07) is 10.7. The summed E-state index contributed by atoms with van der Waals surface area (Å²) in [6.07, 6.45) is 2.38. The van der Waals surface area contributed by atoms with Crippen LogP contribution in [-0.2, 0) is 22.7 Å². The van der Waals surface area contributed by atoms with Crippen molar-refractivity contribution in [3.05, 3.63) is 64.4 Å². The van der Waals surface area contributed by atoms with E-state index in [4.69, 9.17) is 11.6 Å². The van der Waals surface area contributed by atoms with E-state index in [0.29, 0.717) is 30.1 Å². The molecule has 0 bridgehead atoms. The van der Waals surface area contributed by atoms with E-state index in [1.54, 1.807) is 11.2 Å². The second-order valence-electron chi connectivity index (χ2n) is 7.40. The number of amides is 3. The van der Waals surface area contributed by atoms with Gasteiger partial charge in [0.05, 0.1) is 17.4 Å². The molecule has 8 heteroatoms. The molecule has 29 heavy (non-hydrogen) atoms. The molecule has 3 aromatic rings. The Morgan fingerprint density at radius 2 is 2.00 bits per heavy atom. The first-order valence-electron chi connectivity index (χ1n) is 9.36. The Hall–Kier alpha value is -3.19. The molecule has 2 aromatic carbocycles. The first kappa shape index (κ1) is 17.9. The van der Waals surface area contributed by atoms with Gasteiger partial charge in [0.1, 0.15) is 6.04 Å². The summed E-state index contributed by atoms with van der Waals surface area (Å²) < 4.78 is 2.03. The predicted octanol–water partition coefficient (Wildman–Crippen LogP) is 2.50. The highest BCUT2D eigenvalue weighted by Crippen LogP contribution is 2.29. The topological polar surface area (TPSA) is 84.3 Å². The molecule has 0 saturated carbocycles. The number of aromatic nitrogens is 2. The van der Waals surface area contributed by atoms with Crippen molar-refractivity contribution >= 4 is 40.4 Å². The molecule has 3 heterocycles. The van der Waals surface area contributed by atoms with Crippen molar-refractivity contribution in [2.45, 2.75) is 32.0 Å². The molecule has 2 aliphatic rings. The SMILES string of the molecule is O=C1CCC(N2Cc3cc(Cn4cnc5cc(Cl)ccc54)ccc3C2=O)C(=O)N1. The lowest BCUT2D eigenvalue weighted by molar-refractivity contribution is -0.136. The van der Waals surface area contributed by atoms with E-state index in [9.17, 15) is 14.4 Å². The van der Waals surface area contributed by atoms with Crippen molar-refractivity contribution in [3.8, 4) is 0 Å². The van der Waals surface area contributed by atoms with Gasteiger partial charge in [0.2, 0.25) is 11.8 Å². The maximum atomic E-state index is 12.8. The van der Waals surface area contributed by atoms with Crippen LogP contribution in [0.25, 0.3) is 11.0 Å². The van der Waals surface area contributed by atoms with Gasteiger partial charge in [0.15, 0.2) is 0 Å². The lowest BCUT2D eigenvalue weighted by Gasteiger charge is -2.29. The Morgan fingerprint density at radius 3 is 2.83 bits per heavy atom. The highest BCUT2D eigenvalue weighted by atomic mass is 35.5. The van der Waals surface area contributed by atoms with E-state index < -0.39 is 11.9 Å². The first-order chi connectivity index (χ1) is 14.0. The van der Waals surface area contributed by atoms with Crippen molar-refractivity contribution in [2.24, 2.45) is 0 Å². The molecule has 7 nitrogen and oxygen atoms in total. The Morgan fingerprint density at radius 1 is 1.14 bits per heavy atom. The highest BCUT2D eigenvalue weighted by molar-refractivity contribution is 6.31. The van der Waals surface area contributed by atoms with Crippen molar-refractivity contribution in [3.63, 3.8) is 0 Å². The normalized spacial score (nSPS) is 19.0. The average molecular weight is 409 g/mol. The van der Waals surface area contributed by atoms with Crippen LogP contribution in [0, 0.1) is 0 Å². The van der Waals surface area contributed by atoms with Gasteiger partial charge in [0.25, 0.3) is 5.91 Å².